The van der Waals surface area contributed by atoms with Gasteiger partial charge in [-0.25, -0.2) is 8.42 Å². The van der Waals surface area contributed by atoms with Gasteiger partial charge in [0.15, 0.2) is 0 Å². The van der Waals surface area contributed by atoms with E-state index in [9.17, 15) is 13.2 Å². The zero-order chi connectivity index (χ0) is 17.1. The molecule has 0 spiro atoms. The summed E-state index contributed by atoms with van der Waals surface area (Å²) in [6, 6.07) is 1.96. The third-order valence-electron chi connectivity index (χ3n) is 3.77. The molecule has 1 aromatic rings. The number of hydrogen-bond acceptors (Lipinski definition) is 4. The highest BCUT2D eigenvalue weighted by molar-refractivity contribution is 7.89. The largest absolute Gasteiger partial charge is 0.383 e. The number of ether oxygens (including phenoxy) is 1. The Morgan fingerprint density at radius 1 is 1.18 bits per heavy atom. The van der Waals surface area contributed by atoms with Gasteiger partial charge in [-0.1, -0.05) is 6.07 Å². The smallest absolute Gasteiger partial charge is 0.244 e. The van der Waals surface area contributed by atoms with Crippen molar-refractivity contribution in [3.8, 4) is 0 Å². The number of primary amides is 1. The van der Waals surface area contributed by atoms with E-state index in [2.05, 4.69) is 0 Å². The number of nitrogens with zero attached hydrogens (tertiary/aromatic N) is 1. The number of amides is 1. The minimum Gasteiger partial charge on any atom is -0.383 e. The lowest BCUT2D eigenvalue weighted by Crippen LogP contribution is -2.40. The van der Waals surface area contributed by atoms with Crippen LogP contribution in [0.4, 0.5) is 0 Å². The van der Waals surface area contributed by atoms with Crippen LogP contribution in [0.2, 0.25) is 0 Å². The first-order valence-electron chi connectivity index (χ1n) is 6.97. The SMILES string of the molecule is COCCN(CC(N)=O)S(=O)(=O)c1c(C)c(C)cc(C)c1C. The van der Waals surface area contributed by atoms with Gasteiger partial charge in [0, 0.05) is 13.7 Å². The highest BCUT2D eigenvalue weighted by Gasteiger charge is 2.29. The molecule has 1 rings (SSSR count). The molecule has 1 aromatic carbocycles. The van der Waals surface area contributed by atoms with Crippen molar-refractivity contribution in [3.63, 3.8) is 0 Å². The number of rotatable bonds is 7. The van der Waals surface area contributed by atoms with Gasteiger partial charge in [0.2, 0.25) is 15.9 Å². The third kappa shape index (κ3) is 3.85. The fourth-order valence-electron chi connectivity index (χ4n) is 2.35. The summed E-state index contributed by atoms with van der Waals surface area (Å²) in [7, 11) is -2.35. The molecule has 1 amide bonds. The molecule has 124 valence electrons. The Labute approximate surface area is 132 Å². The molecule has 22 heavy (non-hydrogen) atoms. The molecule has 0 unspecified atom stereocenters. The fourth-order valence-corrected chi connectivity index (χ4v) is 4.31. The standard InChI is InChI=1S/C15H24N2O4S/c1-10-8-11(2)13(4)15(12(10)3)22(19,20)17(6-7-21-5)9-14(16)18/h8H,6-7,9H2,1-5H3,(H2,16,18). The number of methoxy groups -OCH3 is 1. The van der Waals surface area contributed by atoms with Crippen molar-refractivity contribution in [2.45, 2.75) is 32.6 Å². The molecule has 0 aromatic heterocycles. The summed E-state index contributed by atoms with van der Waals surface area (Å²) in [6.07, 6.45) is 0. The second-order valence-electron chi connectivity index (χ2n) is 5.39. The minimum atomic E-state index is -3.82. The van der Waals surface area contributed by atoms with Crippen LogP contribution in [0.3, 0.4) is 0 Å². The summed E-state index contributed by atoms with van der Waals surface area (Å²) in [5.74, 6) is -0.695. The molecule has 0 atom stereocenters. The average molecular weight is 328 g/mol. The zero-order valence-corrected chi connectivity index (χ0v) is 14.6. The first-order chi connectivity index (χ1) is 10.1. The first-order valence-corrected chi connectivity index (χ1v) is 8.41. The predicted octanol–water partition coefficient (Wildman–Crippen LogP) is 1.04. The summed E-state index contributed by atoms with van der Waals surface area (Å²) < 4.78 is 32.0. The van der Waals surface area contributed by atoms with E-state index in [1.54, 1.807) is 13.8 Å². The average Bonchev–Trinajstić information content (AvgIpc) is 2.40. The van der Waals surface area contributed by atoms with Crippen LogP contribution in [-0.4, -0.2) is 45.4 Å². The van der Waals surface area contributed by atoms with Gasteiger partial charge in [0.25, 0.3) is 0 Å². The van der Waals surface area contributed by atoms with Gasteiger partial charge in [-0.2, -0.15) is 4.31 Å². The maximum atomic E-state index is 13.0. The Kier molecular flexibility index (Phi) is 6.10. The fraction of sp³-hybridized carbons (Fsp3) is 0.533. The van der Waals surface area contributed by atoms with Crippen LogP contribution in [-0.2, 0) is 19.6 Å². The molecule has 7 heteroatoms. The molecule has 0 radical (unpaired) electrons. The zero-order valence-electron chi connectivity index (χ0n) is 13.8. The lowest BCUT2D eigenvalue weighted by atomic mass is 10.0. The molecule has 0 heterocycles. The Bertz CT molecular complexity index is 642. The molecule has 0 aliphatic rings. The summed E-state index contributed by atoms with van der Waals surface area (Å²) in [5, 5.41) is 0. The van der Waals surface area contributed by atoms with Crippen LogP contribution >= 0.6 is 0 Å². The molecule has 0 fully saturated rings. The van der Waals surface area contributed by atoms with Gasteiger partial charge in [0.05, 0.1) is 18.0 Å². The molecular formula is C15H24N2O4S. The number of carbonyl (C=O) groups is 1. The number of nitrogens with two attached hydrogens (primary N) is 1. The van der Waals surface area contributed by atoms with E-state index in [0.717, 1.165) is 15.4 Å². The van der Waals surface area contributed by atoms with Crippen molar-refractivity contribution >= 4 is 15.9 Å². The molecule has 0 aliphatic heterocycles. The van der Waals surface area contributed by atoms with E-state index in [1.807, 2.05) is 19.9 Å². The van der Waals surface area contributed by atoms with Crippen LogP contribution in [0.25, 0.3) is 0 Å². The van der Waals surface area contributed by atoms with Crippen LogP contribution in [0, 0.1) is 27.7 Å². The second kappa shape index (κ2) is 7.21. The van der Waals surface area contributed by atoms with Gasteiger partial charge in [0.1, 0.15) is 0 Å². The lowest BCUT2D eigenvalue weighted by molar-refractivity contribution is -0.118. The number of hydrogen-bond donors (Lipinski definition) is 1. The van der Waals surface area contributed by atoms with Crippen LogP contribution in [0.1, 0.15) is 22.3 Å². The van der Waals surface area contributed by atoms with Gasteiger partial charge < -0.3 is 10.5 Å². The summed E-state index contributed by atoms with van der Waals surface area (Å²) >= 11 is 0. The quantitative estimate of drug-likeness (QED) is 0.810. The first kappa shape index (κ1) is 18.6. The van der Waals surface area contributed by atoms with Crippen LogP contribution in [0.15, 0.2) is 11.0 Å². The van der Waals surface area contributed by atoms with Gasteiger partial charge in [-0.3, -0.25) is 4.79 Å². The highest BCUT2D eigenvalue weighted by atomic mass is 32.2. The van der Waals surface area contributed by atoms with E-state index in [4.69, 9.17) is 10.5 Å². The topological polar surface area (TPSA) is 89.7 Å². The Hall–Kier alpha value is -1.44. The van der Waals surface area contributed by atoms with Crippen molar-refractivity contribution in [1.29, 1.82) is 0 Å². The molecule has 2 N–H and O–H groups in total. The molecule has 6 nitrogen and oxygen atoms in total. The van der Waals surface area contributed by atoms with Gasteiger partial charge in [-0.05, 0) is 49.9 Å². The summed E-state index contributed by atoms with van der Waals surface area (Å²) in [4.78, 5) is 11.5. The van der Waals surface area contributed by atoms with Gasteiger partial charge >= 0.3 is 0 Å². The summed E-state index contributed by atoms with van der Waals surface area (Å²) in [6.45, 7) is 7.18. The van der Waals surface area contributed by atoms with E-state index in [1.165, 1.54) is 7.11 Å². The summed E-state index contributed by atoms with van der Waals surface area (Å²) in [5.41, 5.74) is 8.36. The highest BCUT2D eigenvalue weighted by Crippen LogP contribution is 2.28. The maximum Gasteiger partial charge on any atom is 0.244 e. The Morgan fingerprint density at radius 2 is 1.68 bits per heavy atom. The van der Waals surface area contributed by atoms with Crippen molar-refractivity contribution in [2.75, 3.05) is 26.8 Å². The monoisotopic (exact) mass is 328 g/mol. The molecule has 0 saturated heterocycles. The van der Waals surface area contributed by atoms with Crippen molar-refractivity contribution in [2.24, 2.45) is 5.73 Å². The Morgan fingerprint density at radius 3 is 2.09 bits per heavy atom. The maximum absolute atomic E-state index is 13.0. The number of carbonyl (C=O) groups excluding carboxylic acids is 1. The van der Waals surface area contributed by atoms with E-state index < -0.39 is 15.9 Å². The van der Waals surface area contributed by atoms with E-state index >= 15 is 0 Å². The normalized spacial score (nSPS) is 11.9. The van der Waals surface area contributed by atoms with Crippen LogP contribution in [0.5, 0.6) is 0 Å². The lowest BCUT2D eigenvalue weighted by Gasteiger charge is -2.24. The van der Waals surface area contributed by atoms with Crippen LogP contribution < -0.4 is 5.73 Å². The number of aryl methyl sites for hydroxylation is 2. The Balaban J connectivity index is 3.46. The van der Waals surface area contributed by atoms with E-state index in [0.29, 0.717) is 11.1 Å². The molecular weight excluding hydrogens is 304 g/mol. The van der Waals surface area contributed by atoms with E-state index in [-0.39, 0.29) is 24.6 Å². The number of sulfonamides is 1. The van der Waals surface area contributed by atoms with Crippen molar-refractivity contribution in [3.05, 3.63) is 28.3 Å². The van der Waals surface area contributed by atoms with Crippen molar-refractivity contribution < 1.29 is 17.9 Å². The minimum absolute atomic E-state index is 0.0770. The molecule has 0 aliphatic carbocycles. The second-order valence-corrected chi connectivity index (χ2v) is 7.26. The third-order valence-corrected chi connectivity index (χ3v) is 5.89. The number of benzene rings is 1. The predicted molar refractivity (Wildman–Crippen MR) is 85.2 cm³/mol. The molecule has 0 bridgehead atoms. The molecule has 0 saturated carbocycles. The van der Waals surface area contributed by atoms with Gasteiger partial charge in [-0.15, -0.1) is 0 Å². The van der Waals surface area contributed by atoms with Crippen molar-refractivity contribution in [1.82, 2.24) is 4.31 Å².